The molecular weight excluding hydrogens is 262 g/mol. The van der Waals surface area contributed by atoms with Crippen molar-refractivity contribution in [3.05, 3.63) is 59.7 Å². The van der Waals surface area contributed by atoms with Gasteiger partial charge in [-0.25, -0.2) is 0 Å². The minimum atomic E-state index is 0.436. The third kappa shape index (κ3) is 2.71. The van der Waals surface area contributed by atoms with Crippen molar-refractivity contribution in [3.63, 3.8) is 0 Å². The standard InChI is InChI=1S/C18H21NS/c1-3-13(2)14-8-10-15(11-9-14)19-17-12-20-18-7-5-4-6-16(17)18/h4-11,13,17,19H,3,12H2,1-2H3. The van der Waals surface area contributed by atoms with E-state index >= 15 is 0 Å². The molecule has 0 amide bonds. The van der Waals surface area contributed by atoms with Gasteiger partial charge >= 0.3 is 0 Å². The second-order valence-electron chi connectivity index (χ2n) is 5.48. The zero-order chi connectivity index (χ0) is 13.9. The van der Waals surface area contributed by atoms with Gasteiger partial charge in [0, 0.05) is 16.3 Å². The van der Waals surface area contributed by atoms with E-state index in [2.05, 4.69) is 67.7 Å². The van der Waals surface area contributed by atoms with Crippen LogP contribution in [0.1, 0.15) is 43.4 Å². The number of anilines is 1. The van der Waals surface area contributed by atoms with Crippen molar-refractivity contribution < 1.29 is 0 Å². The van der Waals surface area contributed by atoms with Gasteiger partial charge in [-0.15, -0.1) is 11.8 Å². The summed E-state index contributed by atoms with van der Waals surface area (Å²) in [5.74, 6) is 1.76. The van der Waals surface area contributed by atoms with Gasteiger partial charge < -0.3 is 5.32 Å². The molecule has 2 unspecified atom stereocenters. The summed E-state index contributed by atoms with van der Waals surface area (Å²) in [7, 11) is 0. The molecule has 0 bridgehead atoms. The third-order valence-electron chi connectivity index (χ3n) is 4.13. The van der Waals surface area contributed by atoms with Gasteiger partial charge in [-0.05, 0) is 41.7 Å². The van der Waals surface area contributed by atoms with Crippen molar-refractivity contribution in [2.45, 2.75) is 37.1 Å². The number of benzene rings is 2. The molecule has 0 aliphatic carbocycles. The molecule has 0 aromatic heterocycles. The highest BCUT2D eigenvalue weighted by molar-refractivity contribution is 7.99. The zero-order valence-corrected chi connectivity index (χ0v) is 12.9. The zero-order valence-electron chi connectivity index (χ0n) is 12.1. The highest BCUT2D eigenvalue weighted by Crippen LogP contribution is 2.39. The highest BCUT2D eigenvalue weighted by Gasteiger charge is 2.22. The van der Waals surface area contributed by atoms with Gasteiger partial charge in [-0.2, -0.15) is 0 Å². The fraction of sp³-hybridized carbons (Fsp3) is 0.333. The van der Waals surface area contributed by atoms with Crippen LogP contribution in [0.15, 0.2) is 53.4 Å². The first-order chi connectivity index (χ1) is 9.78. The summed E-state index contributed by atoms with van der Waals surface area (Å²) in [6.07, 6.45) is 1.19. The van der Waals surface area contributed by atoms with E-state index in [0.717, 1.165) is 5.75 Å². The molecule has 20 heavy (non-hydrogen) atoms. The van der Waals surface area contributed by atoms with E-state index in [4.69, 9.17) is 0 Å². The van der Waals surface area contributed by atoms with Crippen LogP contribution in [0.3, 0.4) is 0 Å². The lowest BCUT2D eigenvalue weighted by atomic mass is 9.98. The second kappa shape index (κ2) is 5.92. The molecule has 0 radical (unpaired) electrons. The summed E-state index contributed by atoms with van der Waals surface area (Å²) in [6, 6.07) is 18.1. The Labute approximate surface area is 125 Å². The van der Waals surface area contributed by atoms with Crippen molar-refractivity contribution in [1.82, 2.24) is 0 Å². The number of hydrogen-bond donors (Lipinski definition) is 1. The molecule has 2 atom stereocenters. The van der Waals surface area contributed by atoms with Crippen LogP contribution >= 0.6 is 11.8 Å². The molecule has 0 fully saturated rings. The van der Waals surface area contributed by atoms with Crippen molar-refractivity contribution in [3.8, 4) is 0 Å². The molecule has 0 spiro atoms. The molecule has 104 valence electrons. The first-order valence-corrected chi connectivity index (χ1v) is 8.34. The van der Waals surface area contributed by atoms with E-state index in [1.807, 2.05) is 11.8 Å². The van der Waals surface area contributed by atoms with E-state index < -0.39 is 0 Å². The minimum Gasteiger partial charge on any atom is -0.377 e. The molecule has 1 heterocycles. The van der Waals surface area contributed by atoms with E-state index in [1.165, 1.54) is 28.1 Å². The maximum absolute atomic E-state index is 3.66. The predicted octanol–water partition coefficient (Wildman–Crippen LogP) is 5.46. The minimum absolute atomic E-state index is 0.436. The number of nitrogens with one attached hydrogen (secondary N) is 1. The lowest BCUT2D eigenvalue weighted by Crippen LogP contribution is -2.09. The van der Waals surface area contributed by atoms with Crippen LogP contribution in [-0.4, -0.2) is 5.75 Å². The fourth-order valence-corrected chi connectivity index (χ4v) is 3.79. The van der Waals surface area contributed by atoms with Gasteiger partial charge in [-0.3, -0.25) is 0 Å². The van der Waals surface area contributed by atoms with Crippen molar-refractivity contribution in [1.29, 1.82) is 0 Å². The monoisotopic (exact) mass is 283 g/mol. The predicted molar refractivity (Wildman–Crippen MR) is 88.7 cm³/mol. The van der Waals surface area contributed by atoms with E-state index in [0.29, 0.717) is 12.0 Å². The summed E-state index contributed by atoms with van der Waals surface area (Å²) in [5.41, 5.74) is 4.09. The Kier molecular flexibility index (Phi) is 4.02. The Hall–Kier alpha value is -1.41. The molecule has 1 nitrogen and oxygen atoms in total. The van der Waals surface area contributed by atoms with Crippen molar-refractivity contribution in [2.24, 2.45) is 0 Å². The van der Waals surface area contributed by atoms with Gasteiger partial charge in [0.1, 0.15) is 0 Å². The van der Waals surface area contributed by atoms with Crippen LogP contribution in [0.25, 0.3) is 0 Å². The SMILES string of the molecule is CCC(C)c1ccc(NC2CSc3ccccc32)cc1. The topological polar surface area (TPSA) is 12.0 Å². The molecule has 2 heteroatoms. The molecule has 2 aromatic rings. The summed E-state index contributed by atoms with van der Waals surface area (Å²) in [6.45, 7) is 4.52. The van der Waals surface area contributed by atoms with E-state index in [9.17, 15) is 0 Å². The van der Waals surface area contributed by atoms with Crippen LogP contribution in [-0.2, 0) is 0 Å². The number of rotatable bonds is 4. The van der Waals surface area contributed by atoms with Crippen LogP contribution in [0.2, 0.25) is 0 Å². The molecule has 1 aliphatic rings. The van der Waals surface area contributed by atoms with E-state index in [-0.39, 0.29) is 0 Å². The first kappa shape index (κ1) is 13.6. The van der Waals surface area contributed by atoms with Gasteiger partial charge in [0.25, 0.3) is 0 Å². The Morgan fingerprint density at radius 3 is 2.65 bits per heavy atom. The number of fused-ring (bicyclic) bond motifs is 1. The summed E-state index contributed by atoms with van der Waals surface area (Å²) >= 11 is 1.94. The second-order valence-corrected chi connectivity index (χ2v) is 6.54. The smallest absolute Gasteiger partial charge is 0.0618 e. The van der Waals surface area contributed by atoms with Gasteiger partial charge in [0.2, 0.25) is 0 Å². The number of hydrogen-bond acceptors (Lipinski definition) is 2. The summed E-state index contributed by atoms with van der Waals surface area (Å²) in [4.78, 5) is 1.42. The van der Waals surface area contributed by atoms with Gasteiger partial charge in [-0.1, -0.05) is 44.2 Å². The molecule has 3 rings (SSSR count). The summed E-state index contributed by atoms with van der Waals surface area (Å²) in [5, 5.41) is 3.66. The lowest BCUT2D eigenvalue weighted by Gasteiger charge is -2.16. The van der Waals surface area contributed by atoms with Gasteiger partial charge in [0.15, 0.2) is 0 Å². The summed E-state index contributed by atoms with van der Waals surface area (Å²) < 4.78 is 0. The van der Waals surface area contributed by atoms with E-state index in [1.54, 1.807) is 0 Å². The average Bonchev–Trinajstić information content (AvgIpc) is 2.91. The van der Waals surface area contributed by atoms with Crippen molar-refractivity contribution >= 4 is 17.4 Å². The van der Waals surface area contributed by atoms with Gasteiger partial charge in [0.05, 0.1) is 6.04 Å². The maximum atomic E-state index is 3.66. The Balaban J connectivity index is 1.73. The molecular formula is C18H21NS. The molecule has 1 N–H and O–H groups in total. The largest absolute Gasteiger partial charge is 0.377 e. The number of thioether (sulfide) groups is 1. The average molecular weight is 283 g/mol. The Morgan fingerprint density at radius 1 is 1.15 bits per heavy atom. The molecule has 1 aliphatic heterocycles. The third-order valence-corrected chi connectivity index (χ3v) is 5.32. The fourth-order valence-electron chi connectivity index (χ4n) is 2.63. The normalized spacial score (nSPS) is 18.6. The van der Waals surface area contributed by atoms with Crippen LogP contribution in [0.5, 0.6) is 0 Å². The van der Waals surface area contributed by atoms with Crippen LogP contribution < -0.4 is 5.32 Å². The van der Waals surface area contributed by atoms with Crippen LogP contribution in [0.4, 0.5) is 5.69 Å². The Bertz CT molecular complexity index is 576. The molecule has 0 saturated heterocycles. The molecule has 0 saturated carbocycles. The quantitative estimate of drug-likeness (QED) is 0.799. The lowest BCUT2D eigenvalue weighted by molar-refractivity contribution is 0.733. The molecule has 2 aromatic carbocycles. The van der Waals surface area contributed by atoms with Crippen LogP contribution in [0, 0.1) is 0 Å². The first-order valence-electron chi connectivity index (χ1n) is 7.36. The maximum Gasteiger partial charge on any atom is 0.0618 e. The highest BCUT2D eigenvalue weighted by atomic mass is 32.2. The van der Waals surface area contributed by atoms with Crippen molar-refractivity contribution in [2.75, 3.05) is 11.1 Å². The Morgan fingerprint density at radius 2 is 1.90 bits per heavy atom.